The number of nitrogens with one attached hydrogen (secondary N) is 2. The third-order valence-corrected chi connectivity index (χ3v) is 4.28. The largest absolute Gasteiger partial charge is 0.481 e. The normalized spacial score (nSPS) is 14.8. The Morgan fingerprint density at radius 2 is 1.72 bits per heavy atom. The van der Waals surface area contributed by atoms with Crippen molar-refractivity contribution in [1.29, 1.82) is 5.41 Å². The number of piperidine rings is 1. The monoisotopic (exact) mass is 346 g/mol. The number of carbonyl (C=O) groups is 3. The summed E-state index contributed by atoms with van der Waals surface area (Å²) < 4.78 is 0. The molecule has 1 aromatic carbocycles. The Morgan fingerprint density at radius 3 is 2.24 bits per heavy atom. The minimum absolute atomic E-state index is 0.0655. The molecule has 2 rings (SSSR count). The first-order valence-electron chi connectivity index (χ1n) is 8.11. The van der Waals surface area contributed by atoms with E-state index in [0.29, 0.717) is 37.1 Å². The lowest BCUT2D eigenvalue weighted by molar-refractivity contribution is -0.145. The van der Waals surface area contributed by atoms with E-state index in [1.165, 1.54) is 0 Å². The molecule has 0 radical (unpaired) electrons. The smallest absolute Gasteiger partial charge is 0.306 e. The van der Waals surface area contributed by atoms with Gasteiger partial charge in [-0.1, -0.05) is 12.1 Å². The average molecular weight is 346 g/mol. The number of carbonyl (C=O) groups excluding carboxylic acids is 2. The van der Waals surface area contributed by atoms with Crippen LogP contribution in [0, 0.1) is 11.3 Å². The predicted octanol–water partition coefficient (Wildman–Crippen LogP) is 0.414. The lowest BCUT2D eigenvalue weighted by Gasteiger charge is -2.30. The maximum Gasteiger partial charge on any atom is 0.306 e. The molecule has 8 nitrogen and oxygen atoms in total. The number of likely N-dealkylation sites (tertiary alicyclic amines) is 1. The topological polar surface area (TPSA) is 137 Å². The molecule has 1 aliphatic heterocycles. The molecule has 8 heteroatoms. The minimum atomic E-state index is -0.810. The van der Waals surface area contributed by atoms with Crippen molar-refractivity contribution in [3.63, 3.8) is 0 Å². The van der Waals surface area contributed by atoms with Crippen molar-refractivity contribution in [3.05, 3.63) is 35.4 Å². The molecule has 0 aromatic heterocycles. The van der Waals surface area contributed by atoms with E-state index in [1.54, 1.807) is 29.2 Å². The van der Waals surface area contributed by atoms with Gasteiger partial charge in [0.05, 0.1) is 5.92 Å². The van der Waals surface area contributed by atoms with E-state index in [-0.39, 0.29) is 36.5 Å². The number of nitrogens with zero attached hydrogens (tertiary/aromatic N) is 1. The van der Waals surface area contributed by atoms with Crippen LogP contribution in [0.15, 0.2) is 24.3 Å². The molecule has 1 aromatic rings. The van der Waals surface area contributed by atoms with E-state index in [4.69, 9.17) is 16.2 Å². The van der Waals surface area contributed by atoms with Crippen LogP contribution in [0.4, 0.5) is 0 Å². The van der Waals surface area contributed by atoms with Crippen LogP contribution >= 0.6 is 0 Å². The fraction of sp³-hybridized carbons (Fsp3) is 0.412. The zero-order chi connectivity index (χ0) is 18.4. The SMILES string of the molecule is N=C(N)c1ccc(C(=O)NCCC(=O)N2CCC(C(=O)O)CC2)cc1. The number of aliphatic carboxylic acids is 1. The van der Waals surface area contributed by atoms with Gasteiger partial charge >= 0.3 is 5.97 Å². The number of hydrogen-bond donors (Lipinski definition) is 4. The average Bonchev–Trinajstić information content (AvgIpc) is 2.61. The second kappa shape index (κ2) is 8.27. The van der Waals surface area contributed by atoms with Gasteiger partial charge in [0.1, 0.15) is 5.84 Å². The molecule has 0 saturated carbocycles. The van der Waals surface area contributed by atoms with Crippen molar-refractivity contribution >= 4 is 23.6 Å². The van der Waals surface area contributed by atoms with Crippen LogP contribution in [-0.2, 0) is 9.59 Å². The summed E-state index contributed by atoms with van der Waals surface area (Å²) in [5, 5.41) is 18.9. The number of nitrogen functional groups attached to an aromatic ring is 1. The van der Waals surface area contributed by atoms with Crippen molar-refractivity contribution in [3.8, 4) is 0 Å². The summed E-state index contributed by atoms with van der Waals surface area (Å²) in [6.45, 7) is 1.09. The molecule has 1 saturated heterocycles. The van der Waals surface area contributed by atoms with E-state index in [1.807, 2.05) is 0 Å². The van der Waals surface area contributed by atoms with E-state index in [0.717, 1.165) is 0 Å². The van der Waals surface area contributed by atoms with Gasteiger partial charge in [-0.2, -0.15) is 0 Å². The van der Waals surface area contributed by atoms with E-state index >= 15 is 0 Å². The fourth-order valence-electron chi connectivity index (χ4n) is 2.72. The summed E-state index contributed by atoms with van der Waals surface area (Å²) in [4.78, 5) is 36.7. The van der Waals surface area contributed by atoms with Gasteiger partial charge in [0, 0.05) is 37.2 Å². The highest BCUT2D eigenvalue weighted by molar-refractivity contribution is 5.98. The van der Waals surface area contributed by atoms with Crippen molar-refractivity contribution in [1.82, 2.24) is 10.2 Å². The van der Waals surface area contributed by atoms with Gasteiger partial charge in [-0.15, -0.1) is 0 Å². The Balaban J connectivity index is 1.74. The highest BCUT2D eigenvalue weighted by Crippen LogP contribution is 2.17. The summed E-state index contributed by atoms with van der Waals surface area (Å²) in [5.74, 6) is -1.63. The van der Waals surface area contributed by atoms with E-state index < -0.39 is 5.97 Å². The maximum absolute atomic E-state index is 12.1. The predicted molar refractivity (Wildman–Crippen MR) is 91.3 cm³/mol. The number of carboxylic acids is 1. The highest BCUT2D eigenvalue weighted by atomic mass is 16.4. The minimum Gasteiger partial charge on any atom is -0.481 e. The highest BCUT2D eigenvalue weighted by Gasteiger charge is 2.26. The Labute approximate surface area is 145 Å². The number of rotatable bonds is 6. The summed E-state index contributed by atoms with van der Waals surface area (Å²) in [5.41, 5.74) is 6.33. The first-order valence-corrected chi connectivity index (χ1v) is 8.11. The molecule has 0 spiro atoms. The molecule has 0 bridgehead atoms. The van der Waals surface area contributed by atoms with Crippen molar-refractivity contribution in [2.75, 3.05) is 19.6 Å². The molecule has 1 aliphatic rings. The first-order chi connectivity index (χ1) is 11.9. The lowest BCUT2D eigenvalue weighted by Crippen LogP contribution is -2.41. The molecule has 1 fully saturated rings. The van der Waals surface area contributed by atoms with Crippen LogP contribution in [0.5, 0.6) is 0 Å². The van der Waals surface area contributed by atoms with Crippen molar-refractivity contribution < 1.29 is 19.5 Å². The Kier molecular flexibility index (Phi) is 6.10. The number of benzene rings is 1. The maximum atomic E-state index is 12.1. The number of carboxylic acid groups (broad SMARTS) is 1. The van der Waals surface area contributed by atoms with Gasteiger partial charge < -0.3 is 21.1 Å². The molecular formula is C17H22N4O4. The Hall–Kier alpha value is -2.90. The number of hydrogen-bond acceptors (Lipinski definition) is 4. The third kappa shape index (κ3) is 5.03. The molecule has 134 valence electrons. The second-order valence-electron chi connectivity index (χ2n) is 5.99. The van der Waals surface area contributed by atoms with Crippen LogP contribution in [0.25, 0.3) is 0 Å². The van der Waals surface area contributed by atoms with Crippen LogP contribution in [-0.4, -0.2) is 53.3 Å². The van der Waals surface area contributed by atoms with Gasteiger partial charge in [0.25, 0.3) is 5.91 Å². The summed E-state index contributed by atoms with van der Waals surface area (Å²) in [6, 6.07) is 6.33. The summed E-state index contributed by atoms with van der Waals surface area (Å²) in [6.07, 6.45) is 1.11. The molecule has 0 aliphatic carbocycles. The van der Waals surface area contributed by atoms with Crippen LogP contribution < -0.4 is 11.1 Å². The quantitative estimate of drug-likeness (QED) is 0.437. The van der Waals surface area contributed by atoms with Crippen molar-refractivity contribution in [2.24, 2.45) is 11.7 Å². The zero-order valence-corrected chi connectivity index (χ0v) is 13.8. The first kappa shape index (κ1) is 18.4. The second-order valence-corrected chi connectivity index (χ2v) is 5.99. The molecule has 1 heterocycles. The lowest BCUT2D eigenvalue weighted by atomic mass is 9.97. The number of nitrogens with two attached hydrogens (primary N) is 1. The Morgan fingerprint density at radius 1 is 1.16 bits per heavy atom. The van der Waals surface area contributed by atoms with Gasteiger partial charge in [-0.05, 0) is 25.0 Å². The summed E-state index contributed by atoms with van der Waals surface area (Å²) in [7, 11) is 0. The molecule has 2 amide bonds. The summed E-state index contributed by atoms with van der Waals surface area (Å²) >= 11 is 0. The van der Waals surface area contributed by atoms with Gasteiger partial charge in [0.2, 0.25) is 5.91 Å². The third-order valence-electron chi connectivity index (χ3n) is 4.28. The Bertz CT molecular complexity index is 664. The van der Waals surface area contributed by atoms with Gasteiger partial charge in [0.15, 0.2) is 0 Å². The van der Waals surface area contributed by atoms with Crippen LogP contribution in [0.3, 0.4) is 0 Å². The molecular weight excluding hydrogens is 324 g/mol. The molecule has 5 N–H and O–H groups in total. The van der Waals surface area contributed by atoms with Crippen LogP contribution in [0.1, 0.15) is 35.2 Å². The van der Waals surface area contributed by atoms with Gasteiger partial charge in [-0.3, -0.25) is 19.8 Å². The molecule has 0 atom stereocenters. The number of amides is 2. The van der Waals surface area contributed by atoms with Crippen LogP contribution in [0.2, 0.25) is 0 Å². The molecule has 25 heavy (non-hydrogen) atoms. The van der Waals surface area contributed by atoms with E-state index in [2.05, 4.69) is 5.32 Å². The zero-order valence-electron chi connectivity index (χ0n) is 13.8. The standard InChI is InChI=1S/C17H22N4O4/c18-15(19)11-1-3-12(4-2-11)16(23)20-8-5-14(22)21-9-6-13(7-10-21)17(24)25/h1-4,13H,5-10H2,(H3,18,19)(H,20,23)(H,24,25). The van der Waals surface area contributed by atoms with Gasteiger partial charge in [-0.25, -0.2) is 0 Å². The van der Waals surface area contributed by atoms with E-state index in [9.17, 15) is 14.4 Å². The number of amidine groups is 1. The fourth-order valence-corrected chi connectivity index (χ4v) is 2.72. The van der Waals surface area contributed by atoms with Crippen molar-refractivity contribution in [2.45, 2.75) is 19.3 Å². The molecule has 0 unspecified atom stereocenters.